The first-order valence-corrected chi connectivity index (χ1v) is 10.7. The van der Waals surface area contributed by atoms with Crippen LogP contribution in [0.5, 0.6) is 0 Å². The van der Waals surface area contributed by atoms with E-state index in [1.54, 1.807) is 0 Å². The number of amides is 1. The van der Waals surface area contributed by atoms with Crippen LogP contribution in [0.15, 0.2) is 36.4 Å². The molecular formula is C23H31N5O. The van der Waals surface area contributed by atoms with Gasteiger partial charge in [-0.2, -0.15) is 0 Å². The monoisotopic (exact) mass is 393 g/mol. The van der Waals surface area contributed by atoms with Gasteiger partial charge in [0.15, 0.2) is 0 Å². The number of aromatic nitrogens is 2. The minimum atomic E-state index is 0.0313. The Bertz CT molecular complexity index is 824. The second-order valence-electron chi connectivity index (χ2n) is 8.37. The average molecular weight is 394 g/mol. The smallest absolute Gasteiger partial charge is 0.272 e. The number of nitrogens with zero attached hydrogens (tertiary/aromatic N) is 5. The SMILES string of the molecule is Cc1nc(C(=O)N2CCN(C)CC2)cc(N2CCC(Cc3ccccc3)CC2)n1. The summed E-state index contributed by atoms with van der Waals surface area (Å²) in [7, 11) is 2.09. The molecule has 154 valence electrons. The third kappa shape index (κ3) is 4.93. The van der Waals surface area contributed by atoms with Gasteiger partial charge in [-0.1, -0.05) is 30.3 Å². The van der Waals surface area contributed by atoms with Crippen LogP contribution in [-0.4, -0.2) is 72.0 Å². The highest BCUT2D eigenvalue weighted by atomic mass is 16.2. The molecule has 1 amide bonds. The predicted octanol–water partition coefficient (Wildman–Crippen LogP) is 2.63. The minimum Gasteiger partial charge on any atom is -0.356 e. The molecule has 0 radical (unpaired) electrons. The number of anilines is 1. The lowest BCUT2D eigenvalue weighted by atomic mass is 9.90. The first-order chi connectivity index (χ1) is 14.1. The normalized spacial score (nSPS) is 18.8. The molecule has 29 heavy (non-hydrogen) atoms. The standard InChI is InChI=1S/C23H31N5O/c1-18-24-21(23(29)28-14-12-26(2)13-15-28)17-22(25-18)27-10-8-20(9-11-27)16-19-6-4-3-5-7-19/h3-7,17,20H,8-16H2,1-2H3. The topological polar surface area (TPSA) is 52.6 Å². The van der Waals surface area contributed by atoms with Gasteiger partial charge in [-0.05, 0) is 44.7 Å². The molecule has 1 aromatic heterocycles. The van der Waals surface area contributed by atoms with E-state index in [9.17, 15) is 4.79 Å². The molecule has 0 aliphatic carbocycles. The number of carbonyl (C=O) groups excluding carboxylic acids is 1. The fourth-order valence-electron chi connectivity index (χ4n) is 4.31. The molecule has 0 bridgehead atoms. The summed E-state index contributed by atoms with van der Waals surface area (Å²) in [6, 6.07) is 12.6. The van der Waals surface area contributed by atoms with Gasteiger partial charge in [0.05, 0.1) is 0 Å². The summed E-state index contributed by atoms with van der Waals surface area (Å²) in [5, 5.41) is 0. The van der Waals surface area contributed by atoms with Crippen LogP contribution in [0.25, 0.3) is 0 Å². The van der Waals surface area contributed by atoms with Crippen LogP contribution in [0.2, 0.25) is 0 Å². The van der Waals surface area contributed by atoms with Crippen molar-refractivity contribution < 1.29 is 4.79 Å². The summed E-state index contributed by atoms with van der Waals surface area (Å²) >= 11 is 0. The van der Waals surface area contributed by atoms with Gasteiger partial charge in [0.25, 0.3) is 5.91 Å². The minimum absolute atomic E-state index is 0.0313. The van der Waals surface area contributed by atoms with Gasteiger partial charge in [0, 0.05) is 45.3 Å². The number of likely N-dealkylation sites (N-methyl/N-ethyl adjacent to an activating group) is 1. The van der Waals surface area contributed by atoms with Crippen molar-refractivity contribution in [3.63, 3.8) is 0 Å². The van der Waals surface area contributed by atoms with Crippen molar-refractivity contribution in [2.45, 2.75) is 26.2 Å². The van der Waals surface area contributed by atoms with Crippen LogP contribution >= 0.6 is 0 Å². The van der Waals surface area contributed by atoms with Gasteiger partial charge in [-0.3, -0.25) is 4.79 Å². The van der Waals surface area contributed by atoms with E-state index >= 15 is 0 Å². The number of aryl methyl sites for hydroxylation is 1. The highest BCUT2D eigenvalue weighted by Crippen LogP contribution is 2.25. The zero-order chi connectivity index (χ0) is 20.2. The van der Waals surface area contributed by atoms with Crippen molar-refractivity contribution in [2.75, 3.05) is 51.2 Å². The third-order valence-corrected chi connectivity index (χ3v) is 6.14. The van der Waals surface area contributed by atoms with Crippen LogP contribution in [0.3, 0.4) is 0 Å². The van der Waals surface area contributed by atoms with Crippen LogP contribution in [0.1, 0.15) is 34.7 Å². The average Bonchev–Trinajstić information content (AvgIpc) is 2.75. The molecule has 0 saturated carbocycles. The summed E-state index contributed by atoms with van der Waals surface area (Å²) in [5.74, 6) is 2.31. The zero-order valence-corrected chi connectivity index (χ0v) is 17.5. The van der Waals surface area contributed by atoms with E-state index in [1.165, 1.54) is 5.56 Å². The number of piperidine rings is 1. The Labute approximate surface area is 173 Å². The van der Waals surface area contributed by atoms with E-state index in [-0.39, 0.29) is 5.91 Å². The zero-order valence-electron chi connectivity index (χ0n) is 17.5. The van der Waals surface area contributed by atoms with Crippen molar-refractivity contribution in [3.05, 3.63) is 53.5 Å². The lowest BCUT2D eigenvalue weighted by molar-refractivity contribution is 0.0657. The number of rotatable bonds is 4. The largest absolute Gasteiger partial charge is 0.356 e. The fraction of sp³-hybridized carbons (Fsp3) is 0.522. The number of piperazine rings is 1. The van der Waals surface area contributed by atoms with Gasteiger partial charge in [-0.15, -0.1) is 0 Å². The summed E-state index contributed by atoms with van der Waals surface area (Å²) in [4.78, 5) is 28.5. The van der Waals surface area contributed by atoms with Crippen LogP contribution in [0.4, 0.5) is 5.82 Å². The molecule has 3 heterocycles. The van der Waals surface area contributed by atoms with E-state index < -0.39 is 0 Å². The summed E-state index contributed by atoms with van der Waals surface area (Å²) in [5.41, 5.74) is 1.95. The third-order valence-electron chi connectivity index (χ3n) is 6.14. The Hall–Kier alpha value is -2.47. The second-order valence-corrected chi connectivity index (χ2v) is 8.37. The van der Waals surface area contributed by atoms with Gasteiger partial charge >= 0.3 is 0 Å². The van der Waals surface area contributed by atoms with Crippen molar-refractivity contribution in [2.24, 2.45) is 5.92 Å². The number of benzene rings is 1. The van der Waals surface area contributed by atoms with Crippen molar-refractivity contribution >= 4 is 11.7 Å². The molecule has 0 unspecified atom stereocenters. The Morgan fingerprint density at radius 3 is 2.38 bits per heavy atom. The molecule has 0 N–H and O–H groups in total. The Morgan fingerprint density at radius 1 is 1.00 bits per heavy atom. The lowest BCUT2D eigenvalue weighted by Gasteiger charge is -2.34. The number of hydrogen-bond acceptors (Lipinski definition) is 5. The Morgan fingerprint density at radius 2 is 1.69 bits per heavy atom. The predicted molar refractivity (Wildman–Crippen MR) is 115 cm³/mol. The van der Waals surface area contributed by atoms with E-state index in [0.29, 0.717) is 17.4 Å². The molecule has 2 fully saturated rings. The maximum absolute atomic E-state index is 12.9. The molecule has 0 spiro atoms. The lowest BCUT2D eigenvalue weighted by Crippen LogP contribution is -2.47. The van der Waals surface area contributed by atoms with E-state index in [4.69, 9.17) is 0 Å². The first kappa shape index (κ1) is 19.8. The van der Waals surface area contributed by atoms with Crippen LogP contribution < -0.4 is 4.90 Å². The fourth-order valence-corrected chi connectivity index (χ4v) is 4.31. The van der Waals surface area contributed by atoms with Crippen LogP contribution in [0, 0.1) is 12.8 Å². The first-order valence-electron chi connectivity index (χ1n) is 10.7. The van der Waals surface area contributed by atoms with Gasteiger partial charge in [0.1, 0.15) is 17.3 Å². The molecule has 6 nitrogen and oxygen atoms in total. The Kier molecular flexibility index (Phi) is 6.09. The highest BCUT2D eigenvalue weighted by Gasteiger charge is 2.25. The number of hydrogen-bond donors (Lipinski definition) is 0. The molecule has 2 aromatic rings. The molecule has 6 heteroatoms. The van der Waals surface area contributed by atoms with Gasteiger partial charge in [0.2, 0.25) is 0 Å². The summed E-state index contributed by atoms with van der Waals surface area (Å²) in [6.07, 6.45) is 3.45. The van der Waals surface area contributed by atoms with Crippen molar-refractivity contribution in [1.82, 2.24) is 19.8 Å². The maximum Gasteiger partial charge on any atom is 0.272 e. The van der Waals surface area contributed by atoms with Gasteiger partial charge in [-0.25, -0.2) is 9.97 Å². The molecular weight excluding hydrogens is 362 g/mol. The molecule has 1 aromatic carbocycles. The highest BCUT2D eigenvalue weighted by molar-refractivity contribution is 5.93. The van der Waals surface area contributed by atoms with E-state index in [1.807, 2.05) is 17.9 Å². The summed E-state index contributed by atoms with van der Waals surface area (Å²) < 4.78 is 0. The second kappa shape index (κ2) is 8.91. The molecule has 0 atom stereocenters. The molecule has 2 saturated heterocycles. The van der Waals surface area contributed by atoms with Crippen molar-refractivity contribution in [1.29, 1.82) is 0 Å². The maximum atomic E-state index is 12.9. The van der Waals surface area contributed by atoms with E-state index in [2.05, 4.69) is 57.1 Å². The van der Waals surface area contributed by atoms with Gasteiger partial charge < -0.3 is 14.7 Å². The summed E-state index contributed by atoms with van der Waals surface area (Å²) in [6.45, 7) is 7.20. The van der Waals surface area contributed by atoms with Crippen molar-refractivity contribution in [3.8, 4) is 0 Å². The number of carbonyl (C=O) groups is 1. The van der Waals surface area contributed by atoms with E-state index in [0.717, 1.165) is 64.3 Å². The van der Waals surface area contributed by atoms with Crippen LogP contribution in [-0.2, 0) is 6.42 Å². The Balaban J connectivity index is 1.40. The molecule has 2 aliphatic rings. The quantitative estimate of drug-likeness (QED) is 0.799. The molecule has 2 aliphatic heterocycles. The molecule has 4 rings (SSSR count).